The second-order valence-corrected chi connectivity index (χ2v) is 8.82. The molecule has 3 amide bonds. The van der Waals surface area contributed by atoms with Gasteiger partial charge in [0.2, 0.25) is 5.91 Å². The summed E-state index contributed by atoms with van der Waals surface area (Å²) in [7, 11) is 0. The molecule has 0 aliphatic carbocycles. The summed E-state index contributed by atoms with van der Waals surface area (Å²) in [6.45, 7) is 3.96. The molecule has 8 heteroatoms. The van der Waals surface area contributed by atoms with Crippen LogP contribution in [0.4, 0.5) is 5.69 Å². The second-order valence-electron chi connectivity index (χ2n) is 7.88. The first-order chi connectivity index (χ1) is 15.1. The van der Waals surface area contributed by atoms with Gasteiger partial charge in [-0.25, -0.2) is 4.90 Å². The molecule has 1 aromatic heterocycles. The van der Waals surface area contributed by atoms with Gasteiger partial charge in [-0.2, -0.15) is 0 Å². The van der Waals surface area contributed by atoms with Crippen LogP contribution >= 0.6 is 11.3 Å². The normalized spacial score (nSPS) is 19.8. The van der Waals surface area contributed by atoms with Crippen molar-refractivity contribution in [3.8, 4) is 5.75 Å². The molecule has 0 radical (unpaired) electrons. The fourth-order valence-electron chi connectivity index (χ4n) is 4.03. The summed E-state index contributed by atoms with van der Waals surface area (Å²) in [6, 6.07) is 10.4. The first kappa shape index (κ1) is 21.5. The van der Waals surface area contributed by atoms with Crippen molar-refractivity contribution < 1.29 is 19.1 Å². The lowest BCUT2D eigenvalue weighted by molar-refractivity contribution is -0.121. The van der Waals surface area contributed by atoms with Crippen molar-refractivity contribution in [3.63, 3.8) is 0 Å². The third-order valence-electron chi connectivity index (χ3n) is 5.67. The number of amides is 3. The molecule has 0 spiro atoms. The van der Waals surface area contributed by atoms with Gasteiger partial charge in [0.05, 0.1) is 29.6 Å². The van der Waals surface area contributed by atoms with E-state index in [1.54, 1.807) is 24.3 Å². The van der Waals surface area contributed by atoms with Crippen LogP contribution in [0.15, 0.2) is 41.8 Å². The van der Waals surface area contributed by atoms with Gasteiger partial charge in [0, 0.05) is 19.1 Å². The van der Waals surface area contributed by atoms with E-state index >= 15 is 0 Å². The quantitative estimate of drug-likeness (QED) is 0.668. The fourth-order valence-corrected chi connectivity index (χ4v) is 4.73. The molecule has 1 aromatic carbocycles. The number of carbonyl (C=O) groups is 3. The van der Waals surface area contributed by atoms with Gasteiger partial charge in [0.15, 0.2) is 0 Å². The minimum atomic E-state index is -0.520. The monoisotopic (exact) mass is 441 g/mol. The number of anilines is 1. The SMILES string of the molecule is CCCOc1ccc(N2C(=O)C[C@@H](NC3CCN(C(=O)c4cccs4)CC3)C2=O)cc1. The van der Waals surface area contributed by atoms with Crippen molar-refractivity contribution in [1.29, 1.82) is 0 Å². The Hall–Kier alpha value is -2.71. The van der Waals surface area contributed by atoms with E-state index < -0.39 is 6.04 Å². The number of likely N-dealkylation sites (tertiary alicyclic amines) is 1. The topological polar surface area (TPSA) is 79.0 Å². The van der Waals surface area contributed by atoms with Crippen LogP contribution < -0.4 is 15.0 Å². The molecule has 7 nitrogen and oxygen atoms in total. The van der Waals surface area contributed by atoms with Crippen molar-refractivity contribution in [2.45, 2.75) is 44.7 Å². The highest BCUT2D eigenvalue weighted by molar-refractivity contribution is 7.12. The molecule has 2 aliphatic heterocycles. The van der Waals surface area contributed by atoms with Crippen molar-refractivity contribution in [2.75, 3.05) is 24.6 Å². The zero-order chi connectivity index (χ0) is 21.8. The Kier molecular flexibility index (Phi) is 6.67. The van der Waals surface area contributed by atoms with E-state index in [9.17, 15) is 14.4 Å². The van der Waals surface area contributed by atoms with Gasteiger partial charge in [0.25, 0.3) is 11.8 Å². The van der Waals surface area contributed by atoms with Crippen LogP contribution in [-0.2, 0) is 9.59 Å². The fraction of sp³-hybridized carbons (Fsp3) is 0.435. The summed E-state index contributed by atoms with van der Waals surface area (Å²) >= 11 is 1.45. The van der Waals surface area contributed by atoms with Crippen molar-refractivity contribution in [3.05, 3.63) is 46.7 Å². The van der Waals surface area contributed by atoms with Crippen molar-refractivity contribution >= 4 is 34.7 Å². The number of nitrogens with zero attached hydrogens (tertiary/aromatic N) is 2. The molecular weight excluding hydrogens is 414 g/mol. The molecule has 3 heterocycles. The van der Waals surface area contributed by atoms with E-state index in [4.69, 9.17) is 4.74 Å². The maximum Gasteiger partial charge on any atom is 0.263 e. The molecule has 0 bridgehead atoms. The lowest BCUT2D eigenvalue weighted by atomic mass is 10.0. The highest BCUT2D eigenvalue weighted by Crippen LogP contribution is 2.26. The molecule has 2 fully saturated rings. The molecule has 0 unspecified atom stereocenters. The predicted octanol–water partition coefficient (Wildman–Crippen LogP) is 3.06. The van der Waals surface area contributed by atoms with Crippen LogP contribution in [0.2, 0.25) is 0 Å². The molecular formula is C23H27N3O4S. The summed E-state index contributed by atoms with van der Waals surface area (Å²) in [5, 5.41) is 5.26. The third-order valence-corrected chi connectivity index (χ3v) is 6.52. The summed E-state index contributed by atoms with van der Waals surface area (Å²) in [6.07, 6.45) is 2.59. The average Bonchev–Trinajstić information content (AvgIpc) is 3.41. The lowest BCUT2D eigenvalue weighted by Gasteiger charge is -2.33. The van der Waals surface area contributed by atoms with Gasteiger partial charge in [0.1, 0.15) is 5.75 Å². The number of thiophene rings is 1. The first-order valence-corrected chi connectivity index (χ1v) is 11.6. The molecule has 1 N–H and O–H groups in total. The van der Waals surface area contributed by atoms with Crippen LogP contribution in [0, 0.1) is 0 Å². The predicted molar refractivity (Wildman–Crippen MR) is 120 cm³/mol. The summed E-state index contributed by atoms with van der Waals surface area (Å²) in [5.74, 6) is 0.376. The van der Waals surface area contributed by atoms with Crippen LogP contribution in [0.25, 0.3) is 0 Å². The summed E-state index contributed by atoms with van der Waals surface area (Å²) in [5.41, 5.74) is 0.569. The van der Waals surface area contributed by atoms with E-state index in [2.05, 4.69) is 5.32 Å². The Morgan fingerprint density at radius 3 is 2.55 bits per heavy atom. The average molecular weight is 442 g/mol. The molecule has 1 atom stereocenters. The Morgan fingerprint density at radius 2 is 1.90 bits per heavy atom. The molecule has 2 saturated heterocycles. The number of benzene rings is 1. The third kappa shape index (κ3) is 4.80. The van der Waals surface area contributed by atoms with Crippen LogP contribution in [0.3, 0.4) is 0 Å². The Morgan fingerprint density at radius 1 is 1.16 bits per heavy atom. The summed E-state index contributed by atoms with van der Waals surface area (Å²) in [4.78, 5) is 41.8. The van der Waals surface area contributed by atoms with Crippen molar-refractivity contribution in [1.82, 2.24) is 10.2 Å². The highest BCUT2D eigenvalue weighted by Gasteiger charge is 2.40. The van der Waals surface area contributed by atoms with E-state index in [0.717, 1.165) is 29.9 Å². The highest BCUT2D eigenvalue weighted by atomic mass is 32.1. The molecule has 0 saturated carbocycles. The number of nitrogens with one attached hydrogen (secondary N) is 1. The van der Waals surface area contributed by atoms with Crippen LogP contribution in [-0.4, -0.2) is 54.4 Å². The zero-order valence-electron chi connectivity index (χ0n) is 17.6. The Balaban J connectivity index is 1.32. The molecule has 2 aromatic rings. The van der Waals surface area contributed by atoms with Gasteiger partial charge < -0.3 is 15.0 Å². The number of hydrogen-bond acceptors (Lipinski definition) is 6. The zero-order valence-corrected chi connectivity index (χ0v) is 18.4. The smallest absolute Gasteiger partial charge is 0.263 e. The first-order valence-electron chi connectivity index (χ1n) is 10.8. The van der Waals surface area contributed by atoms with Gasteiger partial charge in [-0.3, -0.25) is 14.4 Å². The molecule has 31 heavy (non-hydrogen) atoms. The number of carbonyl (C=O) groups excluding carboxylic acids is 3. The number of ether oxygens (including phenoxy) is 1. The van der Waals surface area contributed by atoms with Gasteiger partial charge in [-0.05, 0) is 55.0 Å². The van der Waals surface area contributed by atoms with Gasteiger partial charge in [-0.1, -0.05) is 13.0 Å². The number of hydrogen-bond donors (Lipinski definition) is 1. The summed E-state index contributed by atoms with van der Waals surface area (Å²) < 4.78 is 5.57. The van der Waals surface area contributed by atoms with E-state index in [1.165, 1.54) is 16.2 Å². The molecule has 2 aliphatic rings. The molecule has 164 valence electrons. The van der Waals surface area contributed by atoms with Gasteiger partial charge in [-0.15, -0.1) is 11.3 Å². The maximum absolute atomic E-state index is 12.9. The second kappa shape index (κ2) is 9.62. The minimum Gasteiger partial charge on any atom is -0.494 e. The standard InChI is InChI=1S/C23H27N3O4S/c1-2-13-30-18-7-5-17(6-8-18)26-21(27)15-19(22(26)28)24-16-9-11-25(12-10-16)23(29)20-4-3-14-31-20/h3-8,14,16,19,24H,2,9-13,15H2,1H3/t19-/m1/s1. The Bertz CT molecular complexity index is 921. The van der Waals surface area contributed by atoms with E-state index in [-0.39, 0.29) is 30.2 Å². The van der Waals surface area contributed by atoms with E-state index in [0.29, 0.717) is 25.4 Å². The minimum absolute atomic E-state index is 0.0677. The van der Waals surface area contributed by atoms with E-state index in [1.807, 2.05) is 29.3 Å². The lowest BCUT2D eigenvalue weighted by Crippen LogP contribution is -2.49. The maximum atomic E-state index is 12.9. The number of imide groups is 1. The van der Waals surface area contributed by atoms with Gasteiger partial charge >= 0.3 is 0 Å². The number of rotatable bonds is 7. The Labute approximate surface area is 186 Å². The molecule has 4 rings (SSSR count). The van der Waals surface area contributed by atoms with Crippen LogP contribution in [0.1, 0.15) is 42.3 Å². The van der Waals surface area contributed by atoms with Crippen molar-refractivity contribution in [2.24, 2.45) is 0 Å². The van der Waals surface area contributed by atoms with Crippen LogP contribution in [0.5, 0.6) is 5.75 Å². The number of piperidine rings is 1. The largest absolute Gasteiger partial charge is 0.494 e.